The Bertz CT molecular complexity index is 657. The highest BCUT2D eigenvalue weighted by atomic mass is 16.6. The van der Waals surface area contributed by atoms with Gasteiger partial charge in [0, 0.05) is 6.54 Å². The van der Waals surface area contributed by atoms with Crippen LogP contribution in [0.3, 0.4) is 0 Å². The van der Waals surface area contributed by atoms with Gasteiger partial charge in [-0.1, -0.05) is 36.7 Å². The molecule has 3 N–H and O–H groups in total. The molecule has 0 aromatic carbocycles. The van der Waals surface area contributed by atoms with Crippen LogP contribution in [0.25, 0.3) is 0 Å². The molecule has 0 unspecified atom stereocenters. The predicted octanol–water partition coefficient (Wildman–Crippen LogP) is 4.44. The van der Waals surface area contributed by atoms with Crippen LogP contribution in [0, 0.1) is 34.5 Å². The Kier molecular flexibility index (Phi) is 5.72. The van der Waals surface area contributed by atoms with E-state index in [4.69, 9.17) is 10.6 Å². The van der Waals surface area contributed by atoms with Crippen LogP contribution in [-0.4, -0.2) is 30.6 Å². The smallest absolute Gasteiger partial charge is 0.129 e. The van der Waals surface area contributed by atoms with E-state index in [1.165, 1.54) is 38.5 Å². The van der Waals surface area contributed by atoms with E-state index in [2.05, 4.69) is 37.2 Å². The molecule has 0 spiro atoms. The topological polar surface area (TPSA) is 67.8 Å². The van der Waals surface area contributed by atoms with E-state index in [-0.39, 0.29) is 6.10 Å². The highest BCUT2D eigenvalue weighted by molar-refractivity contribution is 5.70. The third kappa shape index (κ3) is 3.37. The van der Waals surface area contributed by atoms with Gasteiger partial charge in [0.25, 0.3) is 0 Å². The molecule has 4 aliphatic rings. The summed E-state index contributed by atoms with van der Waals surface area (Å²) in [4.78, 5) is 5.09. The molecule has 3 fully saturated rings. The van der Waals surface area contributed by atoms with Crippen LogP contribution >= 0.6 is 0 Å². The zero-order chi connectivity index (χ0) is 19.8. The fourth-order valence-corrected chi connectivity index (χ4v) is 7.37. The molecule has 0 saturated heterocycles. The second-order valence-corrected chi connectivity index (χ2v) is 10.1. The second kappa shape index (κ2) is 7.95. The first kappa shape index (κ1) is 20.2. The van der Waals surface area contributed by atoms with Crippen molar-refractivity contribution in [2.24, 2.45) is 45.4 Å². The number of fused-ring (bicyclic) bond motifs is 5. The third-order valence-corrected chi connectivity index (χ3v) is 8.93. The minimum atomic E-state index is -0.110. The van der Waals surface area contributed by atoms with E-state index < -0.39 is 0 Å². The minimum Gasteiger partial charge on any atom is -0.394 e. The molecule has 0 bridgehead atoms. The van der Waals surface area contributed by atoms with Gasteiger partial charge in [0.2, 0.25) is 0 Å². The number of nitrogens with zero attached hydrogens (tertiary/aromatic N) is 1. The highest BCUT2D eigenvalue weighted by Gasteiger charge is 2.57. The SMILES string of the molecule is C[C@]12CC[C@H]3[C@@H](CC=C4C[C@@H](O)CC[C@@]43C)[C@@H]1CC[C@@H]2/C=C/C=N/OCCN. The number of allylic oxidation sites excluding steroid dienone is 3. The molecule has 156 valence electrons. The first-order valence-corrected chi connectivity index (χ1v) is 11.4. The van der Waals surface area contributed by atoms with E-state index in [9.17, 15) is 5.11 Å². The van der Waals surface area contributed by atoms with E-state index >= 15 is 0 Å². The molecule has 4 nitrogen and oxygen atoms in total. The predicted molar refractivity (Wildman–Crippen MR) is 114 cm³/mol. The lowest BCUT2D eigenvalue weighted by molar-refractivity contribution is -0.0442. The zero-order valence-corrected chi connectivity index (χ0v) is 17.6. The van der Waals surface area contributed by atoms with Gasteiger partial charge in [-0.25, -0.2) is 0 Å². The minimum absolute atomic E-state index is 0.110. The summed E-state index contributed by atoms with van der Waals surface area (Å²) in [5, 5.41) is 14.1. The van der Waals surface area contributed by atoms with Crippen molar-refractivity contribution < 1.29 is 9.94 Å². The average molecular weight is 387 g/mol. The summed E-state index contributed by atoms with van der Waals surface area (Å²) in [6, 6.07) is 0. The number of hydrogen-bond acceptors (Lipinski definition) is 4. The van der Waals surface area contributed by atoms with Crippen molar-refractivity contribution in [3.8, 4) is 0 Å². The average Bonchev–Trinajstić information content (AvgIpc) is 3.01. The summed E-state index contributed by atoms with van der Waals surface area (Å²) in [7, 11) is 0. The Morgan fingerprint density at radius 1 is 1.21 bits per heavy atom. The molecular formula is C24H38N2O2. The van der Waals surface area contributed by atoms with Crippen molar-refractivity contribution in [2.75, 3.05) is 13.2 Å². The normalized spacial score (nSPS) is 45.6. The van der Waals surface area contributed by atoms with Crippen LogP contribution in [-0.2, 0) is 4.84 Å². The lowest BCUT2D eigenvalue weighted by atomic mass is 9.47. The Balaban J connectivity index is 1.48. The summed E-state index contributed by atoms with van der Waals surface area (Å²) < 4.78 is 0. The van der Waals surface area contributed by atoms with E-state index in [0.717, 1.165) is 30.6 Å². The van der Waals surface area contributed by atoms with Gasteiger partial charge in [-0.2, -0.15) is 0 Å². The van der Waals surface area contributed by atoms with Crippen molar-refractivity contribution in [1.29, 1.82) is 0 Å². The van der Waals surface area contributed by atoms with Gasteiger partial charge < -0.3 is 15.7 Å². The summed E-state index contributed by atoms with van der Waals surface area (Å²) in [6.45, 7) is 6.03. The summed E-state index contributed by atoms with van der Waals surface area (Å²) in [5.74, 6) is 3.10. The van der Waals surface area contributed by atoms with Crippen molar-refractivity contribution in [3.05, 3.63) is 23.8 Å². The van der Waals surface area contributed by atoms with Crippen LogP contribution in [0.2, 0.25) is 0 Å². The third-order valence-electron chi connectivity index (χ3n) is 8.93. The van der Waals surface area contributed by atoms with Crippen LogP contribution in [0.5, 0.6) is 0 Å². The Hall–Kier alpha value is -1.13. The first-order chi connectivity index (χ1) is 13.5. The van der Waals surface area contributed by atoms with Crippen LogP contribution in [0.4, 0.5) is 0 Å². The molecule has 0 aromatic heterocycles. The molecule has 4 heteroatoms. The maximum atomic E-state index is 10.2. The van der Waals surface area contributed by atoms with E-state index in [0.29, 0.717) is 29.9 Å². The van der Waals surface area contributed by atoms with Gasteiger partial charge in [0.05, 0.1) is 12.3 Å². The molecule has 4 aliphatic carbocycles. The van der Waals surface area contributed by atoms with Crippen molar-refractivity contribution in [3.63, 3.8) is 0 Å². The molecule has 0 radical (unpaired) electrons. The number of aliphatic hydroxyl groups is 1. The summed E-state index contributed by atoms with van der Waals surface area (Å²) >= 11 is 0. The molecule has 4 rings (SSSR count). The molecule has 28 heavy (non-hydrogen) atoms. The van der Waals surface area contributed by atoms with E-state index in [1.54, 1.807) is 11.8 Å². The van der Waals surface area contributed by atoms with Crippen molar-refractivity contribution in [1.82, 2.24) is 0 Å². The monoisotopic (exact) mass is 386 g/mol. The molecule has 0 amide bonds. The molecule has 7 atom stereocenters. The van der Waals surface area contributed by atoms with Crippen LogP contribution in [0.15, 0.2) is 29.0 Å². The van der Waals surface area contributed by atoms with E-state index in [1.807, 2.05) is 0 Å². The maximum Gasteiger partial charge on any atom is 0.129 e. The van der Waals surface area contributed by atoms with Gasteiger partial charge in [-0.15, -0.1) is 0 Å². The number of hydrogen-bond donors (Lipinski definition) is 2. The molecular weight excluding hydrogens is 348 g/mol. The largest absolute Gasteiger partial charge is 0.394 e. The van der Waals surface area contributed by atoms with Gasteiger partial charge >= 0.3 is 0 Å². The maximum absolute atomic E-state index is 10.2. The second-order valence-electron chi connectivity index (χ2n) is 10.1. The molecule has 0 heterocycles. The summed E-state index contributed by atoms with van der Waals surface area (Å²) in [5.41, 5.74) is 7.73. The highest BCUT2D eigenvalue weighted by Crippen LogP contribution is 2.66. The number of oxime groups is 1. The van der Waals surface area contributed by atoms with Gasteiger partial charge in [0.1, 0.15) is 6.61 Å². The number of nitrogens with two attached hydrogens (primary N) is 1. The fraction of sp³-hybridized carbons (Fsp3) is 0.792. The molecule has 0 aliphatic heterocycles. The summed E-state index contributed by atoms with van der Waals surface area (Å²) in [6.07, 6.45) is 18.3. The Labute approximate surface area is 170 Å². The first-order valence-electron chi connectivity index (χ1n) is 11.4. The van der Waals surface area contributed by atoms with Crippen LogP contribution in [0.1, 0.15) is 65.2 Å². The number of rotatable bonds is 5. The Morgan fingerprint density at radius 3 is 2.89 bits per heavy atom. The number of aliphatic hydroxyl groups excluding tert-OH is 1. The quantitative estimate of drug-likeness (QED) is 0.318. The Morgan fingerprint density at radius 2 is 2.07 bits per heavy atom. The molecule has 3 saturated carbocycles. The standard InChI is InChI=1S/C24H38N2O2/c1-23-12-10-22-20(7-5-18-16-19(27)9-11-24(18,22)2)21(23)8-6-17(23)4-3-14-26-28-15-13-25/h3-5,14,17,19-22,27H,6-13,15-16,25H2,1-2H3/b4-3+,26-14+/t17-,19-,20-,21-,22-,23+,24-/m0/s1. The van der Waals surface area contributed by atoms with Gasteiger partial charge in [-0.3, -0.25) is 0 Å². The fourth-order valence-electron chi connectivity index (χ4n) is 7.37. The lowest BCUT2D eigenvalue weighted by Gasteiger charge is -2.58. The van der Waals surface area contributed by atoms with Crippen LogP contribution < -0.4 is 5.73 Å². The van der Waals surface area contributed by atoms with Crippen molar-refractivity contribution >= 4 is 6.21 Å². The van der Waals surface area contributed by atoms with Crippen molar-refractivity contribution in [2.45, 2.75) is 71.3 Å². The zero-order valence-electron chi connectivity index (χ0n) is 17.6. The van der Waals surface area contributed by atoms with Gasteiger partial charge in [0.15, 0.2) is 0 Å². The molecule has 0 aromatic rings. The lowest BCUT2D eigenvalue weighted by Crippen LogP contribution is -2.50. The van der Waals surface area contributed by atoms with Gasteiger partial charge in [-0.05, 0) is 91.9 Å².